The molecule has 0 fully saturated rings. The van der Waals surface area contributed by atoms with Gasteiger partial charge in [0, 0.05) is 0 Å². The SMILES string of the molecule is O=C1N=c2ccc(-c3cccc4c3ccc3c5c(ccc34)CCCC5)c([N+](=O)[O-])c2=NC1=O. The number of benzene rings is 4. The molecule has 4 aromatic carbocycles. The molecule has 2 amide bonds. The van der Waals surface area contributed by atoms with Crippen molar-refractivity contribution in [2.75, 3.05) is 0 Å². The number of nitrogens with zero attached hydrogens (tertiary/aromatic N) is 3. The van der Waals surface area contributed by atoms with Crippen molar-refractivity contribution in [1.82, 2.24) is 0 Å². The molecule has 0 saturated heterocycles. The first kappa shape index (κ1) is 19.4. The highest BCUT2D eigenvalue weighted by atomic mass is 16.6. The van der Waals surface area contributed by atoms with E-state index in [4.69, 9.17) is 0 Å². The average Bonchev–Trinajstić information content (AvgIpc) is 2.83. The number of carbonyl (C=O) groups excluding carboxylic acids is 2. The topological polar surface area (TPSA) is 102 Å². The molecule has 0 spiro atoms. The summed E-state index contributed by atoms with van der Waals surface area (Å²) in [6.45, 7) is 0. The number of carbonyl (C=O) groups is 2. The molecule has 7 nitrogen and oxygen atoms in total. The van der Waals surface area contributed by atoms with E-state index < -0.39 is 16.7 Å². The Balaban J connectivity index is 1.67. The van der Waals surface area contributed by atoms with E-state index >= 15 is 0 Å². The molecule has 0 radical (unpaired) electrons. The van der Waals surface area contributed by atoms with Crippen molar-refractivity contribution in [3.63, 3.8) is 0 Å². The van der Waals surface area contributed by atoms with Gasteiger partial charge in [-0.05, 0) is 76.1 Å². The lowest BCUT2D eigenvalue weighted by Crippen LogP contribution is -2.36. The second kappa shape index (κ2) is 7.13. The van der Waals surface area contributed by atoms with Crippen molar-refractivity contribution in [3.05, 3.63) is 86.6 Å². The van der Waals surface area contributed by atoms with Crippen LogP contribution in [0.4, 0.5) is 5.69 Å². The molecule has 1 aliphatic heterocycles. The van der Waals surface area contributed by atoms with Crippen LogP contribution < -0.4 is 10.7 Å². The molecule has 6 rings (SSSR count). The van der Waals surface area contributed by atoms with E-state index in [1.807, 2.05) is 24.3 Å². The summed E-state index contributed by atoms with van der Waals surface area (Å²) in [6.07, 6.45) is 4.55. The quantitative estimate of drug-likeness (QED) is 0.207. The van der Waals surface area contributed by atoms with E-state index in [1.54, 1.807) is 6.07 Å². The molecule has 0 bridgehead atoms. The van der Waals surface area contributed by atoms with E-state index in [-0.39, 0.29) is 16.4 Å². The molecule has 1 aliphatic carbocycles. The highest BCUT2D eigenvalue weighted by Gasteiger charge is 2.26. The van der Waals surface area contributed by atoms with E-state index in [0.29, 0.717) is 11.1 Å². The summed E-state index contributed by atoms with van der Waals surface area (Å²) in [5.41, 5.74) is 3.48. The first-order valence-electron chi connectivity index (χ1n) is 10.8. The smallest absolute Gasteiger partial charge is 0.261 e. The fourth-order valence-electron chi connectivity index (χ4n) is 5.14. The van der Waals surface area contributed by atoms with Gasteiger partial charge in [0.2, 0.25) is 0 Å². The van der Waals surface area contributed by atoms with Crippen LogP contribution in [0.3, 0.4) is 0 Å². The number of amides is 2. The van der Waals surface area contributed by atoms with Crippen molar-refractivity contribution in [1.29, 1.82) is 0 Å². The van der Waals surface area contributed by atoms with E-state index in [9.17, 15) is 19.7 Å². The summed E-state index contributed by atoms with van der Waals surface area (Å²) in [6, 6.07) is 17.3. The minimum atomic E-state index is -1.10. The van der Waals surface area contributed by atoms with E-state index in [1.165, 1.54) is 35.4 Å². The van der Waals surface area contributed by atoms with E-state index in [0.717, 1.165) is 29.0 Å². The highest BCUT2D eigenvalue weighted by molar-refractivity contribution is 6.36. The molecule has 1 heterocycles. The molecule has 0 saturated carbocycles. The van der Waals surface area contributed by atoms with Gasteiger partial charge in [0.1, 0.15) is 5.36 Å². The molecular formula is C26H17N3O4. The Morgan fingerprint density at radius 2 is 1.45 bits per heavy atom. The van der Waals surface area contributed by atoms with Gasteiger partial charge in [0.05, 0.1) is 10.5 Å². The number of nitro groups is 1. The standard InChI is InChI=1S/C26H17N3O4/c30-25-26(31)28-23-22(27-25)13-12-21(24(23)29(32)33)17-7-3-6-16-19-9-8-14-4-1-2-5-15(14)18(19)10-11-20(16)17/h3,6-13H,1-2,4-5H2. The minimum Gasteiger partial charge on any atom is -0.261 e. The highest BCUT2D eigenvalue weighted by Crippen LogP contribution is 2.38. The maximum absolute atomic E-state index is 12.1. The van der Waals surface area contributed by atoms with Gasteiger partial charge in [-0.1, -0.05) is 42.5 Å². The molecule has 33 heavy (non-hydrogen) atoms. The summed E-state index contributed by atoms with van der Waals surface area (Å²) in [5.74, 6) is -2.12. The first-order valence-corrected chi connectivity index (χ1v) is 10.8. The Morgan fingerprint density at radius 1 is 0.727 bits per heavy atom. The molecule has 0 N–H and O–H groups in total. The number of hydrogen-bond donors (Lipinski definition) is 0. The van der Waals surface area contributed by atoms with Gasteiger partial charge in [0.15, 0.2) is 5.36 Å². The van der Waals surface area contributed by atoms with Gasteiger partial charge in [-0.25, -0.2) is 4.99 Å². The zero-order valence-electron chi connectivity index (χ0n) is 17.5. The number of fused-ring (bicyclic) bond motifs is 6. The van der Waals surface area contributed by atoms with Crippen LogP contribution in [0.25, 0.3) is 32.7 Å². The molecule has 0 aromatic heterocycles. The zero-order chi connectivity index (χ0) is 22.7. The van der Waals surface area contributed by atoms with E-state index in [2.05, 4.69) is 28.2 Å². The Bertz CT molecular complexity index is 1690. The lowest BCUT2D eigenvalue weighted by Gasteiger charge is -2.19. The second-order valence-electron chi connectivity index (χ2n) is 8.39. The molecular weight excluding hydrogens is 418 g/mol. The van der Waals surface area contributed by atoms with Crippen molar-refractivity contribution in [2.45, 2.75) is 25.7 Å². The zero-order valence-corrected chi connectivity index (χ0v) is 17.5. The minimum absolute atomic E-state index is 0.0346. The van der Waals surface area contributed by atoms with Crippen molar-refractivity contribution in [2.24, 2.45) is 9.98 Å². The van der Waals surface area contributed by atoms with Crippen molar-refractivity contribution in [3.8, 4) is 11.1 Å². The Hall–Kier alpha value is -4.26. The van der Waals surface area contributed by atoms with Gasteiger partial charge in [-0.2, -0.15) is 4.99 Å². The predicted molar refractivity (Wildman–Crippen MR) is 123 cm³/mol. The monoisotopic (exact) mass is 435 g/mol. The lowest BCUT2D eigenvalue weighted by atomic mass is 9.85. The van der Waals surface area contributed by atoms with Crippen LogP contribution in [-0.4, -0.2) is 16.7 Å². The molecule has 0 unspecified atom stereocenters. The Morgan fingerprint density at radius 3 is 2.30 bits per heavy atom. The third kappa shape index (κ3) is 2.89. The largest absolute Gasteiger partial charge is 0.338 e. The maximum atomic E-state index is 12.1. The van der Waals surface area contributed by atoms with Crippen LogP contribution in [0.1, 0.15) is 24.0 Å². The lowest BCUT2D eigenvalue weighted by molar-refractivity contribution is -0.385. The third-order valence-corrected chi connectivity index (χ3v) is 6.61. The van der Waals surface area contributed by atoms with Crippen LogP contribution in [0.15, 0.2) is 64.6 Å². The van der Waals surface area contributed by atoms with Gasteiger partial charge in [-0.15, -0.1) is 0 Å². The Kier molecular flexibility index (Phi) is 4.20. The summed E-state index contributed by atoms with van der Waals surface area (Å²) in [7, 11) is 0. The first-order chi connectivity index (χ1) is 16.0. The summed E-state index contributed by atoms with van der Waals surface area (Å²) < 4.78 is 0. The molecule has 7 heteroatoms. The molecule has 0 atom stereocenters. The second-order valence-corrected chi connectivity index (χ2v) is 8.39. The summed E-state index contributed by atoms with van der Waals surface area (Å²) in [4.78, 5) is 42.3. The Labute approximate surface area is 187 Å². The van der Waals surface area contributed by atoms with Crippen LogP contribution >= 0.6 is 0 Å². The van der Waals surface area contributed by atoms with Crippen LogP contribution in [-0.2, 0) is 22.4 Å². The number of rotatable bonds is 2. The summed E-state index contributed by atoms with van der Waals surface area (Å²) in [5, 5.41) is 16.2. The normalized spacial score (nSPS) is 15.0. The van der Waals surface area contributed by atoms with Gasteiger partial charge < -0.3 is 0 Å². The maximum Gasteiger partial charge on any atom is 0.338 e. The van der Waals surface area contributed by atoms with Gasteiger partial charge in [-0.3, -0.25) is 19.7 Å². The molecule has 4 aromatic rings. The fourth-order valence-corrected chi connectivity index (χ4v) is 5.14. The van der Waals surface area contributed by atoms with Crippen LogP contribution in [0, 0.1) is 10.1 Å². The van der Waals surface area contributed by atoms with Crippen LogP contribution in [0.2, 0.25) is 0 Å². The number of aryl methyl sites for hydroxylation is 2. The van der Waals surface area contributed by atoms with Gasteiger partial charge >= 0.3 is 17.5 Å². The van der Waals surface area contributed by atoms with Crippen molar-refractivity contribution < 1.29 is 14.5 Å². The van der Waals surface area contributed by atoms with Gasteiger partial charge in [0.25, 0.3) is 0 Å². The summed E-state index contributed by atoms with van der Waals surface area (Å²) >= 11 is 0. The number of nitro benzene ring substituents is 1. The third-order valence-electron chi connectivity index (χ3n) is 6.61. The molecule has 2 aliphatic rings. The predicted octanol–water partition coefficient (Wildman–Crippen LogP) is 3.75. The van der Waals surface area contributed by atoms with Crippen molar-refractivity contribution >= 4 is 39.0 Å². The molecule has 160 valence electrons. The fraction of sp³-hybridized carbons (Fsp3) is 0.154. The van der Waals surface area contributed by atoms with Crippen LogP contribution in [0.5, 0.6) is 0 Å². The number of hydrogen-bond acceptors (Lipinski definition) is 4. The average molecular weight is 435 g/mol.